The molecule has 0 bridgehead atoms. The zero-order valence-corrected chi connectivity index (χ0v) is 4.27. The van der Waals surface area contributed by atoms with Crippen molar-refractivity contribution in [2.75, 3.05) is 0 Å². The van der Waals surface area contributed by atoms with Crippen LogP contribution in [0.2, 0.25) is 0 Å². The molecule has 0 aliphatic heterocycles. The Hall–Kier alpha value is -1.52. The van der Waals surface area contributed by atoms with E-state index in [1.54, 1.807) is 0 Å². The molecule has 0 fully saturated rings. The van der Waals surface area contributed by atoms with E-state index in [0.717, 1.165) is 0 Å². The standard InChI is InChI=1S/C4HN4O/c1-3-4(5-2-9-3)7-8-6-1/h1H. The van der Waals surface area contributed by atoms with Gasteiger partial charge in [-0.05, 0) is 5.21 Å². The maximum atomic E-state index is 4.72. The lowest BCUT2D eigenvalue weighted by molar-refractivity contribution is 0.588. The van der Waals surface area contributed by atoms with Crippen molar-refractivity contribution in [3.05, 3.63) is 12.6 Å². The van der Waals surface area contributed by atoms with E-state index in [0.29, 0.717) is 11.2 Å². The minimum atomic E-state index is 0.435. The van der Waals surface area contributed by atoms with Crippen LogP contribution >= 0.6 is 0 Å². The number of aromatic nitrogens is 4. The first kappa shape index (κ1) is 4.37. The normalized spacial score (nSPS) is 10.2. The van der Waals surface area contributed by atoms with Crippen molar-refractivity contribution in [2.45, 2.75) is 0 Å². The number of fused-ring (bicyclic) bond motifs is 1. The summed E-state index contributed by atoms with van der Waals surface area (Å²) in [4.78, 5) is 3.61. The van der Waals surface area contributed by atoms with Gasteiger partial charge in [0.05, 0.1) is 6.20 Å². The third-order valence-electron chi connectivity index (χ3n) is 0.894. The molecule has 0 aromatic carbocycles. The van der Waals surface area contributed by atoms with E-state index in [-0.39, 0.29) is 0 Å². The van der Waals surface area contributed by atoms with Gasteiger partial charge in [-0.15, -0.1) is 10.2 Å². The van der Waals surface area contributed by atoms with Crippen LogP contribution in [0.3, 0.4) is 0 Å². The summed E-state index contributed by atoms with van der Waals surface area (Å²) in [5, 5.41) is 10.4. The summed E-state index contributed by atoms with van der Waals surface area (Å²) in [6, 6.07) is 0. The molecule has 0 aliphatic rings. The van der Waals surface area contributed by atoms with Gasteiger partial charge in [0.25, 0.3) is 6.39 Å². The van der Waals surface area contributed by atoms with Crippen LogP contribution in [-0.2, 0) is 0 Å². The largest absolute Gasteiger partial charge is 0.429 e. The Labute approximate surface area is 49.7 Å². The molecule has 0 atom stereocenters. The first-order chi connectivity index (χ1) is 4.47. The Morgan fingerprint density at radius 2 is 2.56 bits per heavy atom. The molecule has 0 N–H and O–H groups in total. The highest BCUT2D eigenvalue weighted by Gasteiger charge is 1.96. The van der Waals surface area contributed by atoms with Gasteiger partial charge in [0.1, 0.15) is 0 Å². The molecule has 0 saturated heterocycles. The summed E-state index contributed by atoms with van der Waals surface area (Å²) in [5.41, 5.74) is 0.940. The second-order valence-electron chi connectivity index (χ2n) is 1.43. The predicted octanol–water partition coefficient (Wildman–Crippen LogP) is -0.187. The molecule has 2 heterocycles. The summed E-state index contributed by atoms with van der Waals surface area (Å²) in [7, 11) is 0. The lowest BCUT2D eigenvalue weighted by Crippen LogP contribution is -1.83. The van der Waals surface area contributed by atoms with E-state index in [2.05, 4.69) is 26.8 Å². The number of hydrogen-bond acceptors (Lipinski definition) is 5. The van der Waals surface area contributed by atoms with Crippen molar-refractivity contribution < 1.29 is 4.42 Å². The van der Waals surface area contributed by atoms with Gasteiger partial charge in [-0.1, -0.05) is 0 Å². The van der Waals surface area contributed by atoms with Crippen LogP contribution in [0.15, 0.2) is 10.6 Å². The van der Waals surface area contributed by atoms with E-state index < -0.39 is 0 Å². The molecule has 5 heteroatoms. The third-order valence-corrected chi connectivity index (χ3v) is 0.894. The highest BCUT2D eigenvalue weighted by Crippen LogP contribution is 2.02. The molecule has 2 aromatic heterocycles. The molecule has 5 nitrogen and oxygen atoms in total. The Bertz CT molecular complexity index is 287. The van der Waals surface area contributed by atoms with Crippen LogP contribution in [0.25, 0.3) is 11.2 Å². The van der Waals surface area contributed by atoms with Crippen LogP contribution < -0.4 is 0 Å². The number of hydrogen-bond donors (Lipinski definition) is 0. The summed E-state index contributed by atoms with van der Waals surface area (Å²) in [6.45, 7) is 0. The van der Waals surface area contributed by atoms with E-state index >= 15 is 0 Å². The topological polar surface area (TPSA) is 64.7 Å². The van der Waals surface area contributed by atoms with Gasteiger partial charge in [0.2, 0.25) is 5.65 Å². The van der Waals surface area contributed by atoms with Crippen molar-refractivity contribution >= 4 is 11.2 Å². The average Bonchev–Trinajstić information content (AvgIpc) is 2.33. The molecule has 0 amide bonds. The maximum Gasteiger partial charge on any atom is 0.286 e. The average molecular weight is 121 g/mol. The third kappa shape index (κ3) is 0.543. The van der Waals surface area contributed by atoms with E-state index in [1.165, 1.54) is 6.20 Å². The van der Waals surface area contributed by atoms with Gasteiger partial charge in [-0.25, -0.2) is 0 Å². The van der Waals surface area contributed by atoms with Gasteiger partial charge in [0, 0.05) is 0 Å². The van der Waals surface area contributed by atoms with Crippen molar-refractivity contribution in [2.24, 2.45) is 0 Å². The van der Waals surface area contributed by atoms with Gasteiger partial charge in [0.15, 0.2) is 5.58 Å². The van der Waals surface area contributed by atoms with Gasteiger partial charge in [-0.3, -0.25) is 0 Å². The molecule has 2 aromatic rings. The van der Waals surface area contributed by atoms with Crippen LogP contribution in [0.1, 0.15) is 0 Å². The minimum Gasteiger partial charge on any atom is -0.429 e. The molecule has 0 saturated carbocycles. The number of rotatable bonds is 0. The quantitative estimate of drug-likeness (QED) is 0.483. The van der Waals surface area contributed by atoms with Crippen LogP contribution in [0.5, 0.6) is 0 Å². The fourth-order valence-electron chi connectivity index (χ4n) is 0.518. The predicted molar refractivity (Wildman–Crippen MR) is 26.2 cm³/mol. The monoisotopic (exact) mass is 121 g/mol. The summed E-state index contributed by atoms with van der Waals surface area (Å²) in [5.74, 6) is 0. The Morgan fingerprint density at radius 1 is 1.56 bits per heavy atom. The summed E-state index contributed by atoms with van der Waals surface area (Å²) >= 11 is 0. The molecule has 2 rings (SSSR count). The van der Waals surface area contributed by atoms with Gasteiger partial charge in [-0.2, -0.15) is 4.98 Å². The zero-order valence-electron chi connectivity index (χ0n) is 4.27. The Balaban J connectivity index is 2.95. The van der Waals surface area contributed by atoms with Crippen molar-refractivity contribution in [1.29, 1.82) is 0 Å². The van der Waals surface area contributed by atoms with E-state index in [1.807, 2.05) is 0 Å². The SMILES string of the molecule is [c]1nc2nnncc2o1. The summed E-state index contributed by atoms with van der Waals surface area (Å²) in [6.07, 6.45) is 3.71. The van der Waals surface area contributed by atoms with Crippen molar-refractivity contribution in [3.63, 3.8) is 0 Å². The van der Waals surface area contributed by atoms with Crippen molar-refractivity contribution in [3.8, 4) is 0 Å². The fraction of sp³-hybridized carbons (Fsp3) is 0. The van der Waals surface area contributed by atoms with Gasteiger partial charge < -0.3 is 4.42 Å². The molecule has 0 spiro atoms. The molecular formula is C4HN4O. The molecule has 43 valence electrons. The van der Waals surface area contributed by atoms with Gasteiger partial charge >= 0.3 is 0 Å². The fourth-order valence-corrected chi connectivity index (χ4v) is 0.518. The van der Waals surface area contributed by atoms with Crippen LogP contribution in [-0.4, -0.2) is 20.4 Å². The Kier molecular flexibility index (Phi) is 0.717. The smallest absolute Gasteiger partial charge is 0.286 e. The maximum absolute atomic E-state index is 4.72. The zero-order chi connectivity index (χ0) is 6.10. The van der Waals surface area contributed by atoms with Crippen LogP contribution in [0, 0.1) is 6.39 Å². The molecular weight excluding hydrogens is 120 g/mol. The highest BCUT2D eigenvalue weighted by molar-refractivity contribution is 5.63. The van der Waals surface area contributed by atoms with Crippen LogP contribution in [0.4, 0.5) is 0 Å². The van der Waals surface area contributed by atoms with E-state index in [4.69, 9.17) is 4.42 Å². The first-order valence-corrected chi connectivity index (χ1v) is 2.28. The Morgan fingerprint density at radius 3 is 3.44 bits per heavy atom. The minimum absolute atomic E-state index is 0.435. The second kappa shape index (κ2) is 1.48. The lowest BCUT2D eigenvalue weighted by Gasteiger charge is -1.76. The summed E-state index contributed by atoms with van der Waals surface area (Å²) < 4.78 is 4.72. The molecule has 9 heavy (non-hydrogen) atoms. The number of nitrogens with zero attached hydrogens (tertiary/aromatic N) is 4. The molecule has 0 unspecified atom stereocenters. The molecule has 0 aliphatic carbocycles. The first-order valence-electron chi connectivity index (χ1n) is 2.28. The molecule has 1 radical (unpaired) electrons. The number of oxazole rings is 1. The van der Waals surface area contributed by atoms with Crippen molar-refractivity contribution in [1.82, 2.24) is 20.4 Å². The highest BCUT2D eigenvalue weighted by atomic mass is 16.3. The second-order valence-corrected chi connectivity index (χ2v) is 1.43. The van der Waals surface area contributed by atoms with E-state index in [9.17, 15) is 0 Å². The lowest BCUT2D eigenvalue weighted by atomic mass is 10.6.